The Bertz CT molecular complexity index is 1020. The first-order valence-corrected chi connectivity index (χ1v) is 7.99. The Morgan fingerprint density at radius 1 is 0.893 bits per heavy atom. The fraction of sp³-hybridized carbons (Fsp3) is 0.0500. The maximum atomic E-state index is 12.8. The number of carbonyl (C=O) groups is 1. The molecule has 0 spiro atoms. The van der Waals surface area contributed by atoms with Gasteiger partial charge in [0.25, 0.3) is 0 Å². The third-order valence-electron chi connectivity index (χ3n) is 3.86. The van der Waals surface area contributed by atoms with E-state index in [1.807, 2.05) is 0 Å². The molecule has 0 aliphatic heterocycles. The van der Waals surface area contributed by atoms with E-state index in [2.05, 4.69) is 0 Å². The maximum absolute atomic E-state index is 12.8. The van der Waals surface area contributed by atoms with Gasteiger partial charge in [0.15, 0.2) is 5.78 Å². The van der Waals surface area contributed by atoms with E-state index in [9.17, 15) is 28.1 Å². The smallest absolute Gasteiger partial charge is 0.416 e. The zero-order valence-corrected chi connectivity index (χ0v) is 14.1. The summed E-state index contributed by atoms with van der Waals surface area (Å²) >= 11 is 0. The molecule has 28 heavy (non-hydrogen) atoms. The van der Waals surface area contributed by atoms with Gasteiger partial charge in [0.1, 0.15) is 5.75 Å². The first-order valence-electron chi connectivity index (χ1n) is 7.99. The average Bonchev–Trinajstić information content (AvgIpc) is 2.68. The lowest BCUT2D eigenvalue weighted by atomic mass is 10.0. The van der Waals surface area contributed by atoms with Crippen LogP contribution in [0.5, 0.6) is 11.5 Å². The van der Waals surface area contributed by atoms with Gasteiger partial charge in [0, 0.05) is 17.2 Å². The lowest BCUT2D eigenvalue weighted by Crippen LogP contribution is -2.06. The summed E-state index contributed by atoms with van der Waals surface area (Å²) in [5.74, 6) is -0.403. The van der Waals surface area contributed by atoms with Crippen LogP contribution in [-0.4, -0.2) is 10.7 Å². The van der Waals surface area contributed by atoms with E-state index in [0.717, 1.165) is 6.07 Å². The van der Waals surface area contributed by atoms with Crippen molar-refractivity contribution in [2.24, 2.45) is 0 Å². The number of carbonyl (C=O) groups excluding carboxylic acids is 1. The molecule has 0 unspecified atom stereocenters. The lowest BCUT2D eigenvalue weighted by Gasteiger charge is -2.10. The van der Waals surface area contributed by atoms with Crippen molar-refractivity contribution in [2.45, 2.75) is 6.18 Å². The topological polar surface area (TPSA) is 69.4 Å². The van der Waals surface area contributed by atoms with Gasteiger partial charge >= 0.3 is 11.9 Å². The quantitative estimate of drug-likeness (QED) is 0.323. The number of ketones is 1. The molecule has 3 aromatic rings. The Morgan fingerprint density at radius 3 is 2.07 bits per heavy atom. The highest BCUT2D eigenvalue weighted by molar-refractivity contribution is 6.08. The highest BCUT2D eigenvalue weighted by atomic mass is 19.4. The first-order chi connectivity index (χ1) is 13.3. The van der Waals surface area contributed by atoms with Crippen molar-refractivity contribution in [1.82, 2.24) is 0 Å². The Hall–Kier alpha value is -3.68. The molecule has 0 aliphatic rings. The second kappa shape index (κ2) is 7.51. The average molecular weight is 387 g/mol. The predicted octanol–water partition coefficient (Wildman–Crippen LogP) is 5.64. The summed E-state index contributed by atoms with van der Waals surface area (Å²) in [5, 5.41) is 11.1. The Kier molecular flexibility index (Phi) is 5.12. The highest BCUT2D eigenvalue weighted by Crippen LogP contribution is 2.37. The molecule has 3 rings (SSSR count). The van der Waals surface area contributed by atoms with Gasteiger partial charge in [-0.05, 0) is 36.4 Å². The Balaban J connectivity index is 1.84. The summed E-state index contributed by atoms with van der Waals surface area (Å²) in [7, 11) is 0. The number of ether oxygens (including phenoxy) is 1. The van der Waals surface area contributed by atoms with Gasteiger partial charge in [-0.2, -0.15) is 13.2 Å². The van der Waals surface area contributed by atoms with Crippen LogP contribution in [0.3, 0.4) is 0 Å². The van der Waals surface area contributed by atoms with Crippen LogP contribution >= 0.6 is 0 Å². The van der Waals surface area contributed by atoms with Gasteiger partial charge in [-0.3, -0.25) is 14.9 Å². The van der Waals surface area contributed by atoms with Crippen LogP contribution in [0, 0.1) is 10.1 Å². The SMILES string of the molecule is O=C(c1ccccc1)c1ccc(Oc2ccc(C(F)(F)F)cc2[N+](=O)[O-])cc1. The van der Waals surface area contributed by atoms with E-state index in [-0.39, 0.29) is 17.3 Å². The minimum absolute atomic E-state index is 0.146. The standard InChI is InChI=1S/C20H12F3NO4/c21-20(22,23)15-8-11-18(17(12-15)24(26)27)28-16-9-6-14(7-10-16)19(25)13-4-2-1-3-5-13/h1-12H. The van der Waals surface area contributed by atoms with Crippen LogP contribution in [0.4, 0.5) is 18.9 Å². The maximum Gasteiger partial charge on any atom is 0.416 e. The number of hydrogen-bond acceptors (Lipinski definition) is 4. The normalized spacial score (nSPS) is 11.1. The molecule has 8 heteroatoms. The van der Waals surface area contributed by atoms with Gasteiger partial charge < -0.3 is 4.74 Å². The molecule has 0 saturated carbocycles. The van der Waals surface area contributed by atoms with Crippen LogP contribution in [-0.2, 0) is 6.18 Å². The Morgan fingerprint density at radius 2 is 1.50 bits per heavy atom. The number of hydrogen-bond donors (Lipinski definition) is 0. The van der Waals surface area contributed by atoms with Crippen molar-refractivity contribution in [3.8, 4) is 11.5 Å². The predicted molar refractivity (Wildman–Crippen MR) is 94.5 cm³/mol. The fourth-order valence-corrected chi connectivity index (χ4v) is 2.48. The van der Waals surface area contributed by atoms with Crippen molar-refractivity contribution < 1.29 is 27.6 Å². The second-order valence-corrected chi connectivity index (χ2v) is 5.76. The number of nitro groups is 1. The highest BCUT2D eigenvalue weighted by Gasteiger charge is 2.33. The van der Waals surface area contributed by atoms with Crippen LogP contribution in [0.15, 0.2) is 72.8 Å². The zero-order valence-electron chi connectivity index (χ0n) is 14.1. The third-order valence-corrected chi connectivity index (χ3v) is 3.86. The summed E-state index contributed by atoms with van der Waals surface area (Å²) in [5.41, 5.74) is -1.08. The molecule has 0 bridgehead atoms. The van der Waals surface area contributed by atoms with Crippen LogP contribution in [0.25, 0.3) is 0 Å². The summed E-state index contributed by atoms with van der Waals surface area (Å²) in [6.45, 7) is 0. The molecule has 0 saturated heterocycles. The summed E-state index contributed by atoms with van der Waals surface area (Å²) in [6.07, 6.45) is -4.71. The lowest BCUT2D eigenvalue weighted by molar-refractivity contribution is -0.385. The fourth-order valence-electron chi connectivity index (χ4n) is 2.48. The number of benzene rings is 3. The van der Waals surface area contributed by atoms with Crippen molar-refractivity contribution in [2.75, 3.05) is 0 Å². The monoisotopic (exact) mass is 387 g/mol. The molecule has 0 aliphatic carbocycles. The van der Waals surface area contributed by atoms with E-state index in [4.69, 9.17) is 4.74 Å². The number of nitro benzene ring substituents is 1. The minimum Gasteiger partial charge on any atom is -0.450 e. The number of nitrogens with zero attached hydrogens (tertiary/aromatic N) is 1. The Labute approximate surface area is 157 Å². The number of alkyl halides is 3. The molecule has 0 fully saturated rings. The largest absolute Gasteiger partial charge is 0.450 e. The van der Waals surface area contributed by atoms with Crippen LogP contribution < -0.4 is 4.74 Å². The zero-order chi connectivity index (χ0) is 20.3. The molecule has 142 valence electrons. The minimum atomic E-state index is -4.71. The molecular formula is C20H12F3NO4. The first kappa shape index (κ1) is 19.1. The molecule has 3 aromatic carbocycles. The molecule has 0 radical (unpaired) electrons. The van der Waals surface area contributed by atoms with Crippen molar-refractivity contribution in [1.29, 1.82) is 0 Å². The van der Waals surface area contributed by atoms with Gasteiger partial charge in [0.2, 0.25) is 5.75 Å². The molecule has 0 heterocycles. The van der Waals surface area contributed by atoms with Gasteiger partial charge in [0.05, 0.1) is 10.5 Å². The van der Waals surface area contributed by atoms with Crippen molar-refractivity contribution in [3.63, 3.8) is 0 Å². The van der Waals surface area contributed by atoms with E-state index in [1.54, 1.807) is 30.3 Å². The van der Waals surface area contributed by atoms with Crippen LogP contribution in [0.1, 0.15) is 21.5 Å². The summed E-state index contributed by atoms with van der Waals surface area (Å²) < 4.78 is 43.6. The number of rotatable bonds is 5. The molecule has 0 atom stereocenters. The molecule has 5 nitrogen and oxygen atoms in total. The third kappa shape index (κ3) is 4.17. The molecule has 0 aromatic heterocycles. The van der Waals surface area contributed by atoms with Gasteiger partial charge in [-0.25, -0.2) is 0 Å². The summed E-state index contributed by atoms with van der Waals surface area (Å²) in [4.78, 5) is 22.5. The van der Waals surface area contributed by atoms with Gasteiger partial charge in [-0.1, -0.05) is 30.3 Å². The van der Waals surface area contributed by atoms with Crippen molar-refractivity contribution in [3.05, 3.63) is 99.6 Å². The van der Waals surface area contributed by atoms with E-state index in [1.165, 1.54) is 24.3 Å². The summed E-state index contributed by atoms with van der Waals surface area (Å²) in [6, 6.07) is 16.4. The van der Waals surface area contributed by atoms with E-state index in [0.29, 0.717) is 23.3 Å². The second-order valence-electron chi connectivity index (χ2n) is 5.76. The van der Waals surface area contributed by atoms with Gasteiger partial charge in [-0.15, -0.1) is 0 Å². The van der Waals surface area contributed by atoms with Crippen molar-refractivity contribution >= 4 is 11.5 Å². The van der Waals surface area contributed by atoms with Crippen LogP contribution in [0.2, 0.25) is 0 Å². The molecule has 0 amide bonds. The van der Waals surface area contributed by atoms with E-state index < -0.39 is 22.4 Å². The van der Waals surface area contributed by atoms with E-state index >= 15 is 0 Å². The molecular weight excluding hydrogens is 375 g/mol. The molecule has 0 N–H and O–H groups in total. The number of halogens is 3.